The third-order valence-corrected chi connectivity index (χ3v) is 4.15. The summed E-state index contributed by atoms with van der Waals surface area (Å²) in [6, 6.07) is 6.72. The first-order chi connectivity index (χ1) is 10.3. The molecule has 1 aliphatic rings. The Balaban J connectivity index is 1.94. The van der Waals surface area contributed by atoms with Crippen LogP contribution in [0.1, 0.15) is 39.2 Å². The number of likely N-dealkylation sites (tertiary alicyclic amines) is 1. The van der Waals surface area contributed by atoms with E-state index in [0.717, 1.165) is 31.5 Å². The molecule has 5 heteroatoms. The Morgan fingerprint density at radius 2 is 2.00 bits per heavy atom. The smallest absolute Gasteiger partial charge is 0.407 e. The minimum absolute atomic E-state index is 0.0567. The summed E-state index contributed by atoms with van der Waals surface area (Å²) in [6.07, 6.45) is 0.786. The fraction of sp³-hybridized carbons (Fsp3) is 0.588. The number of halogens is 1. The zero-order chi connectivity index (χ0) is 16.3. The maximum atomic E-state index is 13.2. The number of benzene rings is 1. The second kappa shape index (κ2) is 6.65. The van der Waals surface area contributed by atoms with Crippen molar-refractivity contribution in [3.05, 3.63) is 35.6 Å². The molecule has 0 unspecified atom stereocenters. The van der Waals surface area contributed by atoms with Crippen LogP contribution in [0.5, 0.6) is 0 Å². The van der Waals surface area contributed by atoms with Crippen molar-refractivity contribution in [3.8, 4) is 0 Å². The van der Waals surface area contributed by atoms with Crippen molar-refractivity contribution in [1.82, 2.24) is 9.80 Å². The maximum absolute atomic E-state index is 13.2. The van der Waals surface area contributed by atoms with E-state index in [1.54, 1.807) is 17.0 Å². The number of rotatable bonds is 3. The molecule has 1 fully saturated rings. The molecular weight excluding hydrogens is 283 g/mol. The molecule has 1 aromatic rings. The summed E-state index contributed by atoms with van der Waals surface area (Å²) in [7, 11) is 0. The summed E-state index contributed by atoms with van der Waals surface area (Å²) in [6.45, 7) is 8.18. The third kappa shape index (κ3) is 4.19. The van der Waals surface area contributed by atoms with Crippen LogP contribution < -0.4 is 0 Å². The Labute approximate surface area is 131 Å². The van der Waals surface area contributed by atoms with E-state index in [4.69, 9.17) is 0 Å². The molecular formula is C17H25FN2O2. The lowest BCUT2D eigenvalue weighted by Crippen LogP contribution is -2.54. The number of nitrogens with zero attached hydrogens (tertiary/aromatic N) is 2. The van der Waals surface area contributed by atoms with Crippen molar-refractivity contribution in [3.63, 3.8) is 0 Å². The number of carboxylic acid groups (broad SMARTS) is 1. The van der Waals surface area contributed by atoms with Crippen LogP contribution in [-0.4, -0.2) is 45.7 Å². The summed E-state index contributed by atoms with van der Waals surface area (Å²) < 4.78 is 13.2. The molecule has 0 bridgehead atoms. The normalized spacial score (nSPS) is 17.5. The standard InChI is InChI=1S/C17H25FN2O2/c1-17(2,3)20(16(21)22)15-7-9-19(10-8-15)12-13-5-4-6-14(18)11-13/h4-6,11,15H,7-10,12H2,1-3H3,(H,21,22). The molecule has 0 atom stereocenters. The zero-order valence-corrected chi connectivity index (χ0v) is 13.6. The van der Waals surface area contributed by atoms with Gasteiger partial charge in [-0.05, 0) is 51.3 Å². The number of hydrogen-bond donors (Lipinski definition) is 1. The van der Waals surface area contributed by atoms with E-state index in [0.29, 0.717) is 6.54 Å². The molecule has 122 valence electrons. The molecule has 1 N–H and O–H groups in total. The van der Waals surface area contributed by atoms with Gasteiger partial charge in [-0.3, -0.25) is 4.90 Å². The Bertz CT molecular complexity index is 520. The minimum atomic E-state index is -0.851. The van der Waals surface area contributed by atoms with E-state index in [-0.39, 0.29) is 17.4 Å². The van der Waals surface area contributed by atoms with E-state index in [1.807, 2.05) is 26.8 Å². The number of amides is 1. The van der Waals surface area contributed by atoms with Crippen LogP contribution in [0.3, 0.4) is 0 Å². The largest absolute Gasteiger partial charge is 0.465 e. The second-order valence-electron chi connectivity index (χ2n) is 6.96. The highest BCUT2D eigenvalue weighted by molar-refractivity contribution is 5.66. The van der Waals surface area contributed by atoms with Gasteiger partial charge in [-0.1, -0.05) is 12.1 Å². The van der Waals surface area contributed by atoms with Gasteiger partial charge in [0.2, 0.25) is 0 Å². The molecule has 0 aromatic heterocycles. The monoisotopic (exact) mass is 308 g/mol. The fourth-order valence-corrected chi connectivity index (χ4v) is 3.22. The van der Waals surface area contributed by atoms with Crippen LogP contribution in [0, 0.1) is 5.82 Å². The van der Waals surface area contributed by atoms with Crippen molar-refractivity contribution in [1.29, 1.82) is 0 Å². The molecule has 1 saturated heterocycles. The Morgan fingerprint density at radius 1 is 1.36 bits per heavy atom. The molecule has 0 radical (unpaired) electrons. The first-order valence-corrected chi connectivity index (χ1v) is 7.76. The van der Waals surface area contributed by atoms with Gasteiger partial charge in [0.15, 0.2) is 0 Å². The lowest BCUT2D eigenvalue weighted by Gasteiger charge is -2.43. The Morgan fingerprint density at radius 3 is 2.50 bits per heavy atom. The minimum Gasteiger partial charge on any atom is -0.465 e. The van der Waals surface area contributed by atoms with Crippen LogP contribution in [-0.2, 0) is 6.54 Å². The third-order valence-electron chi connectivity index (χ3n) is 4.15. The average molecular weight is 308 g/mol. The zero-order valence-electron chi connectivity index (χ0n) is 13.6. The van der Waals surface area contributed by atoms with Gasteiger partial charge >= 0.3 is 6.09 Å². The predicted molar refractivity (Wildman–Crippen MR) is 84.3 cm³/mol. The van der Waals surface area contributed by atoms with Gasteiger partial charge in [0, 0.05) is 31.2 Å². The van der Waals surface area contributed by atoms with E-state index in [2.05, 4.69) is 4.90 Å². The molecule has 4 nitrogen and oxygen atoms in total. The van der Waals surface area contributed by atoms with Crippen LogP contribution >= 0.6 is 0 Å². The van der Waals surface area contributed by atoms with Crippen LogP contribution in [0.25, 0.3) is 0 Å². The van der Waals surface area contributed by atoms with Crippen molar-refractivity contribution in [2.75, 3.05) is 13.1 Å². The average Bonchev–Trinajstić information content (AvgIpc) is 2.39. The summed E-state index contributed by atoms with van der Waals surface area (Å²) in [5.74, 6) is -0.211. The molecule has 2 rings (SSSR count). The van der Waals surface area contributed by atoms with E-state index in [9.17, 15) is 14.3 Å². The molecule has 22 heavy (non-hydrogen) atoms. The molecule has 1 heterocycles. The summed E-state index contributed by atoms with van der Waals surface area (Å²) in [5, 5.41) is 9.46. The molecule has 1 amide bonds. The highest BCUT2D eigenvalue weighted by Crippen LogP contribution is 2.25. The highest BCUT2D eigenvalue weighted by Gasteiger charge is 2.35. The molecule has 0 aliphatic carbocycles. The van der Waals surface area contributed by atoms with Gasteiger partial charge in [-0.25, -0.2) is 9.18 Å². The Hall–Kier alpha value is -1.62. The highest BCUT2D eigenvalue weighted by atomic mass is 19.1. The molecule has 1 aromatic carbocycles. The second-order valence-corrected chi connectivity index (χ2v) is 6.96. The SMILES string of the molecule is CC(C)(C)N(C(=O)O)C1CCN(Cc2cccc(F)c2)CC1. The molecule has 1 aliphatic heterocycles. The van der Waals surface area contributed by atoms with Gasteiger partial charge in [0.05, 0.1) is 0 Å². The lowest BCUT2D eigenvalue weighted by molar-refractivity contribution is 0.0408. The maximum Gasteiger partial charge on any atom is 0.407 e. The van der Waals surface area contributed by atoms with E-state index < -0.39 is 6.09 Å². The topological polar surface area (TPSA) is 43.8 Å². The Kier molecular flexibility index (Phi) is 5.06. The fourth-order valence-electron chi connectivity index (χ4n) is 3.22. The van der Waals surface area contributed by atoms with Gasteiger partial charge in [0.25, 0.3) is 0 Å². The summed E-state index contributed by atoms with van der Waals surface area (Å²) in [5.41, 5.74) is 0.575. The quantitative estimate of drug-likeness (QED) is 0.928. The van der Waals surface area contributed by atoms with Crippen LogP contribution in [0.4, 0.5) is 9.18 Å². The van der Waals surface area contributed by atoms with Gasteiger partial charge < -0.3 is 10.0 Å². The lowest BCUT2D eigenvalue weighted by atomic mass is 9.96. The molecule has 0 saturated carbocycles. The predicted octanol–water partition coefficient (Wildman–Crippen LogP) is 3.57. The van der Waals surface area contributed by atoms with Crippen molar-refractivity contribution in [2.24, 2.45) is 0 Å². The van der Waals surface area contributed by atoms with E-state index in [1.165, 1.54) is 6.07 Å². The number of carbonyl (C=O) groups is 1. The number of piperidine rings is 1. The van der Waals surface area contributed by atoms with Crippen molar-refractivity contribution in [2.45, 2.75) is 51.7 Å². The van der Waals surface area contributed by atoms with Gasteiger partial charge in [-0.15, -0.1) is 0 Å². The van der Waals surface area contributed by atoms with Gasteiger partial charge in [-0.2, -0.15) is 0 Å². The first-order valence-electron chi connectivity index (χ1n) is 7.76. The molecule has 0 spiro atoms. The van der Waals surface area contributed by atoms with Crippen molar-refractivity contribution < 1.29 is 14.3 Å². The van der Waals surface area contributed by atoms with Gasteiger partial charge in [0.1, 0.15) is 5.82 Å². The number of hydrogen-bond acceptors (Lipinski definition) is 2. The van der Waals surface area contributed by atoms with Crippen LogP contribution in [0.15, 0.2) is 24.3 Å². The van der Waals surface area contributed by atoms with E-state index >= 15 is 0 Å². The summed E-state index contributed by atoms with van der Waals surface area (Å²) >= 11 is 0. The summed E-state index contributed by atoms with van der Waals surface area (Å²) in [4.78, 5) is 15.4. The van der Waals surface area contributed by atoms with Crippen molar-refractivity contribution >= 4 is 6.09 Å². The van der Waals surface area contributed by atoms with Crippen LogP contribution in [0.2, 0.25) is 0 Å². The first kappa shape index (κ1) is 16.7.